The van der Waals surface area contributed by atoms with Crippen LogP contribution in [0.3, 0.4) is 0 Å². The molecule has 5 heteroatoms. The number of anilines is 1. The van der Waals surface area contributed by atoms with E-state index in [4.69, 9.17) is 11.6 Å². The predicted molar refractivity (Wildman–Crippen MR) is 66.2 cm³/mol. The topological polar surface area (TPSA) is 54.9 Å². The summed E-state index contributed by atoms with van der Waals surface area (Å²) >= 11 is 5.91. The maximum atomic E-state index is 11.9. The zero-order valence-electron chi connectivity index (χ0n) is 9.14. The van der Waals surface area contributed by atoms with Crippen LogP contribution >= 0.6 is 11.6 Å². The van der Waals surface area contributed by atoms with Crippen molar-refractivity contribution in [1.82, 2.24) is 9.97 Å². The van der Waals surface area contributed by atoms with Gasteiger partial charge in [-0.2, -0.15) is 0 Å². The van der Waals surface area contributed by atoms with Crippen LogP contribution in [0.4, 0.5) is 5.69 Å². The fourth-order valence-electron chi connectivity index (χ4n) is 1.33. The van der Waals surface area contributed by atoms with Crippen LogP contribution in [0.1, 0.15) is 16.1 Å². The van der Waals surface area contributed by atoms with E-state index in [9.17, 15) is 4.79 Å². The molecule has 0 saturated carbocycles. The summed E-state index contributed by atoms with van der Waals surface area (Å²) in [6.45, 7) is 1.82. The number of halogens is 1. The number of pyridine rings is 2. The number of nitrogens with zero attached hydrogens (tertiary/aromatic N) is 2. The fraction of sp³-hybridized carbons (Fsp3) is 0.0833. The summed E-state index contributed by atoms with van der Waals surface area (Å²) in [6.07, 6.45) is 3.20. The Balaban J connectivity index is 2.21. The third kappa shape index (κ3) is 2.79. The fourth-order valence-corrected chi connectivity index (χ4v) is 1.61. The minimum atomic E-state index is -0.284. The summed E-state index contributed by atoms with van der Waals surface area (Å²) in [5.41, 5.74) is 1.80. The van der Waals surface area contributed by atoms with Gasteiger partial charge in [0.05, 0.1) is 5.56 Å². The monoisotopic (exact) mass is 247 g/mol. The molecule has 1 N–H and O–H groups in total. The Morgan fingerprint density at radius 1 is 1.24 bits per heavy atom. The molecule has 0 aromatic carbocycles. The molecular weight excluding hydrogens is 238 g/mol. The largest absolute Gasteiger partial charge is 0.322 e. The molecule has 0 aliphatic heterocycles. The molecule has 0 aliphatic rings. The summed E-state index contributed by atoms with van der Waals surface area (Å²) in [5, 5.41) is 2.92. The molecular formula is C12H10ClN3O. The van der Waals surface area contributed by atoms with E-state index in [-0.39, 0.29) is 11.1 Å². The van der Waals surface area contributed by atoms with E-state index in [1.165, 1.54) is 0 Å². The second-order valence-electron chi connectivity index (χ2n) is 3.48. The van der Waals surface area contributed by atoms with Gasteiger partial charge in [-0.3, -0.25) is 9.78 Å². The van der Waals surface area contributed by atoms with Gasteiger partial charge < -0.3 is 5.32 Å². The molecule has 86 valence electrons. The molecule has 0 bridgehead atoms. The van der Waals surface area contributed by atoms with Crippen molar-refractivity contribution in [2.75, 3.05) is 5.32 Å². The highest BCUT2D eigenvalue weighted by molar-refractivity contribution is 6.33. The van der Waals surface area contributed by atoms with Crippen molar-refractivity contribution in [2.24, 2.45) is 0 Å². The van der Waals surface area contributed by atoms with Gasteiger partial charge >= 0.3 is 0 Å². The molecule has 0 saturated heterocycles. The van der Waals surface area contributed by atoms with E-state index < -0.39 is 0 Å². The van der Waals surface area contributed by atoms with E-state index in [2.05, 4.69) is 15.3 Å². The van der Waals surface area contributed by atoms with Crippen molar-refractivity contribution in [2.45, 2.75) is 6.92 Å². The van der Waals surface area contributed by atoms with E-state index in [1.807, 2.05) is 6.92 Å². The molecule has 17 heavy (non-hydrogen) atoms. The summed E-state index contributed by atoms with van der Waals surface area (Å²) < 4.78 is 0. The lowest BCUT2D eigenvalue weighted by Crippen LogP contribution is -2.13. The van der Waals surface area contributed by atoms with Gasteiger partial charge in [-0.15, -0.1) is 0 Å². The smallest absolute Gasteiger partial charge is 0.258 e. The lowest BCUT2D eigenvalue weighted by molar-refractivity contribution is 0.102. The summed E-state index contributed by atoms with van der Waals surface area (Å²) in [5.74, 6) is -0.284. The molecule has 0 radical (unpaired) electrons. The number of carbonyl (C=O) groups is 1. The van der Waals surface area contributed by atoms with Crippen molar-refractivity contribution in [3.05, 3.63) is 53.1 Å². The number of aryl methyl sites for hydroxylation is 1. The second-order valence-corrected chi connectivity index (χ2v) is 3.84. The van der Waals surface area contributed by atoms with Crippen molar-refractivity contribution in [3.63, 3.8) is 0 Å². The first-order valence-corrected chi connectivity index (χ1v) is 5.39. The Morgan fingerprint density at radius 3 is 2.59 bits per heavy atom. The maximum Gasteiger partial charge on any atom is 0.258 e. The van der Waals surface area contributed by atoms with Gasteiger partial charge in [0.2, 0.25) is 0 Å². The number of rotatable bonds is 2. The van der Waals surface area contributed by atoms with Crippen LogP contribution in [0.25, 0.3) is 0 Å². The molecule has 2 aromatic heterocycles. The van der Waals surface area contributed by atoms with E-state index >= 15 is 0 Å². The van der Waals surface area contributed by atoms with Crippen molar-refractivity contribution in [1.29, 1.82) is 0 Å². The van der Waals surface area contributed by atoms with Gasteiger partial charge in [0.1, 0.15) is 5.15 Å². The standard InChI is InChI=1S/C12H10ClN3O/c1-8-2-3-10(11(13)15-8)12(17)16-9-4-6-14-7-5-9/h2-7H,1H3,(H,14,16,17). The van der Waals surface area contributed by atoms with Crippen LogP contribution < -0.4 is 5.32 Å². The molecule has 1 amide bonds. The first-order valence-electron chi connectivity index (χ1n) is 5.01. The van der Waals surface area contributed by atoms with Crippen LogP contribution in [0.5, 0.6) is 0 Å². The zero-order valence-corrected chi connectivity index (χ0v) is 9.90. The van der Waals surface area contributed by atoms with E-state index in [0.29, 0.717) is 11.3 Å². The Bertz CT molecular complexity index is 543. The number of hydrogen-bond donors (Lipinski definition) is 1. The molecule has 4 nitrogen and oxygen atoms in total. The number of nitrogens with one attached hydrogen (secondary N) is 1. The van der Waals surface area contributed by atoms with Crippen LogP contribution in [0, 0.1) is 6.92 Å². The normalized spacial score (nSPS) is 10.0. The van der Waals surface area contributed by atoms with E-state index in [1.54, 1.807) is 36.7 Å². The average molecular weight is 248 g/mol. The summed E-state index contributed by atoms with van der Waals surface area (Å²) in [7, 11) is 0. The highest BCUT2D eigenvalue weighted by Gasteiger charge is 2.11. The first-order chi connectivity index (χ1) is 8.16. The Labute approximate surface area is 104 Å². The van der Waals surface area contributed by atoms with Crippen molar-refractivity contribution >= 4 is 23.2 Å². The predicted octanol–water partition coefficient (Wildman–Crippen LogP) is 2.69. The highest BCUT2D eigenvalue weighted by atomic mass is 35.5. The van der Waals surface area contributed by atoms with Gasteiger partial charge in [-0.25, -0.2) is 4.98 Å². The molecule has 0 fully saturated rings. The quantitative estimate of drug-likeness (QED) is 0.830. The second kappa shape index (κ2) is 4.93. The number of hydrogen-bond acceptors (Lipinski definition) is 3. The van der Waals surface area contributed by atoms with Gasteiger partial charge in [-0.1, -0.05) is 11.6 Å². The van der Waals surface area contributed by atoms with Gasteiger partial charge in [0, 0.05) is 23.8 Å². The Kier molecular flexibility index (Phi) is 3.35. The highest BCUT2D eigenvalue weighted by Crippen LogP contribution is 2.15. The third-order valence-corrected chi connectivity index (χ3v) is 2.46. The number of carbonyl (C=O) groups excluding carboxylic acids is 1. The minimum Gasteiger partial charge on any atom is -0.322 e. The molecule has 2 heterocycles. The van der Waals surface area contributed by atoms with Gasteiger partial charge in [0.25, 0.3) is 5.91 Å². The number of aromatic nitrogens is 2. The first kappa shape index (κ1) is 11.5. The maximum absolute atomic E-state index is 11.9. The minimum absolute atomic E-state index is 0.205. The molecule has 2 aromatic rings. The third-order valence-electron chi connectivity index (χ3n) is 2.17. The zero-order chi connectivity index (χ0) is 12.3. The van der Waals surface area contributed by atoms with E-state index in [0.717, 1.165) is 5.69 Å². The molecule has 0 atom stereocenters. The SMILES string of the molecule is Cc1ccc(C(=O)Nc2ccncc2)c(Cl)n1. The molecule has 0 unspecified atom stereocenters. The van der Waals surface area contributed by atoms with Crippen LogP contribution in [-0.4, -0.2) is 15.9 Å². The summed E-state index contributed by atoms with van der Waals surface area (Å²) in [4.78, 5) is 19.8. The lowest BCUT2D eigenvalue weighted by atomic mass is 10.2. The lowest BCUT2D eigenvalue weighted by Gasteiger charge is -2.06. The molecule has 2 rings (SSSR count). The molecule has 0 aliphatic carbocycles. The van der Waals surface area contributed by atoms with Crippen LogP contribution in [-0.2, 0) is 0 Å². The summed E-state index contributed by atoms with van der Waals surface area (Å²) in [6, 6.07) is 6.80. The van der Waals surface area contributed by atoms with Crippen molar-refractivity contribution < 1.29 is 4.79 Å². The molecule has 0 spiro atoms. The average Bonchev–Trinajstić information content (AvgIpc) is 2.30. The van der Waals surface area contributed by atoms with Crippen molar-refractivity contribution in [3.8, 4) is 0 Å². The Hall–Kier alpha value is -1.94. The Morgan fingerprint density at radius 2 is 1.94 bits per heavy atom. The number of amides is 1. The van der Waals surface area contributed by atoms with Gasteiger partial charge in [-0.05, 0) is 31.2 Å². The van der Waals surface area contributed by atoms with Gasteiger partial charge in [0.15, 0.2) is 0 Å². The van der Waals surface area contributed by atoms with Crippen LogP contribution in [0.2, 0.25) is 5.15 Å². The van der Waals surface area contributed by atoms with Crippen LogP contribution in [0.15, 0.2) is 36.7 Å².